The molecule has 0 aliphatic carbocycles. The number of hydrogen-bond donors (Lipinski definition) is 1. The van der Waals surface area contributed by atoms with Crippen molar-refractivity contribution in [3.05, 3.63) is 12.7 Å². The Morgan fingerprint density at radius 2 is 2.06 bits per heavy atom. The number of nitrogens with one attached hydrogen (secondary N) is 1. The Balaban J connectivity index is 3.98. The molecule has 0 aliphatic rings. The van der Waals surface area contributed by atoms with Gasteiger partial charge in [-0.3, -0.25) is 4.79 Å². The van der Waals surface area contributed by atoms with E-state index in [0.717, 1.165) is 6.42 Å². The Morgan fingerprint density at radius 1 is 1.44 bits per heavy atom. The van der Waals surface area contributed by atoms with Gasteiger partial charge in [0, 0.05) is 5.54 Å². The molecule has 5 heteroatoms. The van der Waals surface area contributed by atoms with Gasteiger partial charge in [0.15, 0.2) is 12.7 Å². The van der Waals surface area contributed by atoms with Crippen LogP contribution in [0.5, 0.6) is 0 Å². The van der Waals surface area contributed by atoms with Crippen LogP contribution in [0.25, 0.3) is 0 Å². The maximum Gasteiger partial charge on any atom is 0.335 e. The van der Waals surface area contributed by atoms with E-state index in [1.54, 1.807) is 13.0 Å². The van der Waals surface area contributed by atoms with E-state index >= 15 is 0 Å². The topological polar surface area (TPSA) is 64.6 Å². The van der Waals surface area contributed by atoms with E-state index in [1.807, 2.05) is 20.8 Å². The van der Waals surface area contributed by atoms with Crippen molar-refractivity contribution in [2.24, 2.45) is 0 Å². The second-order valence-electron chi connectivity index (χ2n) is 4.66. The monoisotopic (exact) mass is 257 g/mol. The molecule has 1 unspecified atom stereocenters. The maximum atomic E-state index is 11.5. The summed E-state index contributed by atoms with van der Waals surface area (Å²) in [6, 6.07) is 0. The molecule has 18 heavy (non-hydrogen) atoms. The average Bonchev–Trinajstić information content (AvgIpc) is 2.32. The molecule has 0 aromatic rings. The number of rotatable bonds is 8. The van der Waals surface area contributed by atoms with Gasteiger partial charge in [-0.15, -0.1) is 6.58 Å². The Hall–Kier alpha value is -1.36. The van der Waals surface area contributed by atoms with Crippen molar-refractivity contribution < 1.29 is 19.1 Å². The molecule has 1 amide bonds. The quantitative estimate of drug-likeness (QED) is 0.527. The number of carbonyl (C=O) groups is 2. The minimum atomic E-state index is -0.699. The van der Waals surface area contributed by atoms with Crippen molar-refractivity contribution in [2.45, 2.75) is 45.8 Å². The van der Waals surface area contributed by atoms with E-state index in [4.69, 9.17) is 9.47 Å². The normalized spacial score (nSPS) is 12.7. The summed E-state index contributed by atoms with van der Waals surface area (Å²) in [5.74, 6) is -0.868. The maximum absolute atomic E-state index is 11.5. The van der Waals surface area contributed by atoms with E-state index in [9.17, 15) is 9.59 Å². The van der Waals surface area contributed by atoms with Gasteiger partial charge < -0.3 is 14.8 Å². The summed E-state index contributed by atoms with van der Waals surface area (Å²) < 4.78 is 9.93. The van der Waals surface area contributed by atoms with Crippen LogP contribution in [0.4, 0.5) is 0 Å². The molecule has 0 fully saturated rings. The van der Waals surface area contributed by atoms with Gasteiger partial charge in [-0.05, 0) is 27.2 Å². The number of esters is 1. The van der Waals surface area contributed by atoms with E-state index < -0.39 is 12.1 Å². The summed E-state index contributed by atoms with van der Waals surface area (Å²) >= 11 is 0. The molecule has 104 valence electrons. The summed E-state index contributed by atoms with van der Waals surface area (Å²) in [4.78, 5) is 22.9. The Labute approximate surface area is 109 Å². The third kappa shape index (κ3) is 7.06. The zero-order valence-corrected chi connectivity index (χ0v) is 11.6. The molecule has 0 radical (unpaired) electrons. The van der Waals surface area contributed by atoms with Gasteiger partial charge in [0.1, 0.15) is 0 Å². The molecule has 0 heterocycles. The van der Waals surface area contributed by atoms with Crippen molar-refractivity contribution >= 4 is 11.9 Å². The highest BCUT2D eigenvalue weighted by Gasteiger charge is 2.20. The van der Waals surface area contributed by atoms with Crippen LogP contribution in [0.3, 0.4) is 0 Å². The summed E-state index contributed by atoms with van der Waals surface area (Å²) in [5.41, 5.74) is -0.297. The highest BCUT2D eigenvalue weighted by molar-refractivity contribution is 5.82. The first-order chi connectivity index (χ1) is 8.32. The third-order valence-corrected chi connectivity index (χ3v) is 2.50. The molecule has 5 nitrogen and oxygen atoms in total. The van der Waals surface area contributed by atoms with Crippen molar-refractivity contribution in [3.63, 3.8) is 0 Å². The predicted octanol–water partition coefficient (Wildman–Crippen LogP) is 1.43. The van der Waals surface area contributed by atoms with Gasteiger partial charge in [0.25, 0.3) is 5.91 Å². The van der Waals surface area contributed by atoms with Crippen LogP contribution in [-0.4, -0.2) is 36.7 Å². The fraction of sp³-hybridized carbons (Fsp3) is 0.692. The molecule has 0 saturated heterocycles. The van der Waals surface area contributed by atoms with E-state index in [2.05, 4.69) is 11.9 Å². The highest BCUT2D eigenvalue weighted by Crippen LogP contribution is 2.06. The van der Waals surface area contributed by atoms with Gasteiger partial charge in [-0.25, -0.2) is 4.79 Å². The minimum absolute atomic E-state index is 0.269. The van der Waals surface area contributed by atoms with Crippen molar-refractivity contribution in [1.29, 1.82) is 0 Å². The molecule has 1 N–H and O–H groups in total. The predicted molar refractivity (Wildman–Crippen MR) is 69.1 cm³/mol. The Kier molecular flexibility index (Phi) is 7.27. The van der Waals surface area contributed by atoms with E-state index in [0.29, 0.717) is 0 Å². The second-order valence-corrected chi connectivity index (χ2v) is 4.66. The Bertz CT molecular complexity index is 299. The summed E-state index contributed by atoms with van der Waals surface area (Å²) in [6.07, 6.45) is 1.64. The molecule has 0 bridgehead atoms. The first-order valence-corrected chi connectivity index (χ1v) is 6.02. The summed E-state index contributed by atoms with van der Waals surface area (Å²) in [5, 5.41) is 2.77. The lowest BCUT2D eigenvalue weighted by Gasteiger charge is -2.24. The molecular weight excluding hydrogens is 234 g/mol. The zero-order chi connectivity index (χ0) is 14.2. The molecule has 0 spiro atoms. The van der Waals surface area contributed by atoms with E-state index in [-0.39, 0.29) is 24.7 Å². The number of amides is 1. The second kappa shape index (κ2) is 7.87. The van der Waals surface area contributed by atoms with Crippen LogP contribution in [0.15, 0.2) is 12.7 Å². The molecule has 0 aromatic heterocycles. The van der Waals surface area contributed by atoms with Gasteiger partial charge in [0.2, 0.25) is 0 Å². The molecule has 0 saturated carbocycles. The molecule has 1 atom stereocenters. The van der Waals surface area contributed by atoms with Crippen molar-refractivity contribution in [3.8, 4) is 0 Å². The van der Waals surface area contributed by atoms with Crippen LogP contribution in [0.1, 0.15) is 34.1 Å². The van der Waals surface area contributed by atoms with Crippen LogP contribution in [-0.2, 0) is 19.1 Å². The van der Waals surface area contributed by atoms with Gasteiger partial charge in [0.05, 0.1) is 6.61 Å². The standard InChI is InChI=1S/C13H23NO4/c1-6-8-17-10(3)12(16)18-9-11(15)14-13(4,5)7-2/h6,10H,1,7-9H2,2-5H3,(H,14,15). The van der Waals surface area contributed by atoms with Crippen LogP contribution >= 0.6 is 0 Å². The fourth-order valence-corrected chi connectivity index (χ4v) is 1.04. The van der Waals surface area contributed by atoms with Gasteiger partial charge >= 0.3 is 5.97 Å². The summed E-state index contributed by atoms with van der Waals surface area (Å²) in [6.45, 7) is 10.8. The minimum Gasteiger partial charge on any atom is -0.454 e. The van der Waals surface area contributed by atoms with Gasteiger partial charge in [-0.1, -0.05) is 13.0 Å². The molecule has 0 aromatic carbocycles. The zero-order valence-electron chi connectivity index (χ0n) is 11.6. The smallest absolute Gasteiger partial charge is 0.335 e. The lowest BCUT2D eigenvalue weighted by atomic mass is 10.0. The highest BCUT2D eigenvalue weighted by atomic mass is 16.6. The van der Waals surface area contributed by atoms with Crippen LogP contribution in [0, 0.1) is 0 Å². The lowest BCUT2D eigenvalue weighted by molar-refractivity contribution is -0.158. The third-order valence-electron chi connectivity index (χ3n) is 2.50. The first kappa shape index (κ1) is 16.6. The molecule has 0 aliphatic heterocycles. The SMILES string of the molecule is C=CCOC(C)C(=O)OCC(=O)NC(C)(C)CC. The van der Waals surface area contributed by atoms with Gasteiger partial charge in [-0.2, -0.15) is 0 Å². The largest absolute Gasteiger partial charge is 0.454 e. The number of ether oxygens (including phenoxy) is 2. The van der Waals surface area contributed by atoms with Crippen molar-refractivity contribution in [2.75, 3.05) is 13.2 Å². The van der Waals surface area contributed by atoms with E-state index in [1.165, 1.54) is 0 Å². The fourth-order valence-electron chi connectivity index (χ4n) is 1.04. The lowest BCUT2D eigenvalue weighted by Crippen LogP contribution is -2.45. The first-order valence-electron chi connectivity index (χ1n) is 6.02. The van der Waals surface area contributed by atoms with Crippen LogP contribution in [0.2, 0.25) is 0 Å². The average molecular weight is 257 g/mol. The molecular formula is C13H23NO4. The number of carbonyl (C=O) groups excluding carboxylic acids is 2. The van der Waals surface area contributed by atoms with Crippen molar-refractivity contribution in [1.82, 2.24) is 5.32 Å². The summed E-state index contributed by atoms with van der Waals surface area (Å²) in [7, 11) is 0. The number of hydrogen-bond acceptors (Lipinski definition) is 4. The molecule has 0 rings (SSSR count). The van der Waals surface area contributed by atoms with Crippen LogP contribution < -0.4 is 5.32 Å². The Morgan fingerprint density at radius 3 is 2.56 bits per heavy atom.